The van der Waals surface area contributed by atoms with E-state index in [-0.39, 0.29) is 18.9 Å². The molecule has 3 aromatic rings. The van der Waals surface area contributed by atoms with E-state index in [9.17, 15) is 9.59 Å². The summed E-state index contributed by atoms with van der Waals surface area (Å²) in [6.07, 6.45) is 1.57. The minimum absolute atomic E-state index is 0.235. The van der Waals surface area contributed by atoms with Crippen LogP contribution in [-0.2, 0) is 29.0 Å². The first kappa shape index (κ1) is 26.6. The Bertz CT molecular complexity index is 1200. The van der Waals surface area contributed by atoms with Crippen LogP contribution in [0.1, 0.15) is 54.3 Å². The fourth-order valence-electron chi connectivity index (χ4n) is 3.83. The fraction of sp³-hybridized carbons (Fsp3) is 0.462. The molecule has 0 saturated heterocycles. The molecule has 3 rings (SSSR count). The fourth-order valence-corrected chi connectivity index (χ4v) is 4.99. The maximum absolute atomic E-state index is 12.0. The van der Waals surface area contributed by atoms with Crippen molar-refractivity contribution < 1.29 is 19.2 Å². The molecule has 0 aliphatic heterocycles. The molecule has 2 aromatic heterocycles. The van der Waals surface area contributed by atoms with Gasteiger partial charge in [-0.1, -0.05) is 12.1 Å². The lowest BCUT2D eigenvalue weighted by Gasteiger charge is -2.20. The Morgan fingerprint density at radius 1 is 1.20 bits per heavy atom. The maximum Gasteiger partial charge on any atom is 0.322 e. The van der Waals surface area contributed by atoms with Crippen LogP contribution in [0.2, 0.25) is 0 Å². The normalized spacial score (nSPS) is 11.4. The Morgan fingerprint density at radius 2 is 1.94 bits per heavy atom. The molecule has 2 N–H and O–H groups in total. The van der Waals surface area contributed by atoms with Gasteiger partial charge < -0.3 is 14.9 Å². The van der Waals surface area contributed by atoms with E-state index in [1.807, 2.05) is 13.0 Å². The van der Waals surface area contributed by atoms with Gasteiger partial charge in [0.15, 0.2) is 0 Å². The second-order valence-electron chi connectivity index (χ2n) is 9.10. The van der Waals surface area contributed by atoms with Crippen LogP contribution in [-0.4, -0.2) is 51.7 Å². The lowest BCUT2D eigenvalue weighted by Crippen LogP contribution is -2.29. The van der Waals surface area contributed by atoms with Gasteiger partial charge in [-0.05, 0) is 88.0 Å². The number of nitrogens with one attached hydrogen (secondary N) is 1. The first-order chi connectivity index (χ1) is 16.6. The number of benzene rings is 1. The van der Waals surface area contributed by atoms with E-state index in [1.165, 1.54) is 10.4 Å². The average molecular weight is 499 g/mol. The number of amides is 1. The molecule has 35 heavy (non-hydrogen) atoms. The van der Waals surface area contributed by atoms with Gasteiger partial charge in [0.2, 0.25) is 11.7 Å². The third-order valence-electron chi connectivity index (χ3n) is 6.18. The molecular weight excluding hydrogens is 464 g/mol. The largest absolute Gasteiger partial charge is 0.480 e. The summed E-state index contributed by atoms with van der Waals surface area (Å²) < 4.78 is 5.63. The highest BCUT2D eigenvalue weighted by atomic mass is 32.1. The van der Waals surface area contributed by atoms with Gasteiger partial charge in [0.1, 0.15) is 6.54 Å². The summed E-state index contributed by atoms with van der Waals surface area (Å²) in [7, 11) is 2.12. The smallest absolute Gasteiger partial charge is 0.322 e. The Balaban J connectivity index is 1.78. The van der Waals surface area contributed by atoms with Gasteiger partial charge in [-0.15, -0.1) is 11.3 Å². The predicted octanol–water partition coefficient (Wildman–Crippen LogP) is 4.62. The molecule has 1 amide bonds. The van der Waals surface area contributed by atoms with Crippen LogP contribution in [0.15, 0.2) is 22.7 Å². The molecule has 188 valence electrons. The van der Waals surface area contributed by atoms with Crippen LogP contribution in [0.5, 0.6) is 0 Å². The van der Waals surface area contributed by atoms with E-state index in [0.717, 1.165) is 40.1 Å². The molecular formula is C26H34N4O4S. The summed E-state index contributed by atoms with van der Waals surface area (Å²) in [5.41, 5.74) is 5.35. The second kappa shape index (κ2) is 11.6. The van der Waals surface area contributed by atoms with E-state index in [1.54, 1.807) is 11.3 Å². The first-order valence-corrected chi connectivity index (χ1v) is 12.7. The number of carboxylic acids is 1. The van der Waals surface area contributed by atoms with E-state index in [2.05, 4.69) is 67.2 Å². The summed E-state index contributed by atoms with van der Waals surface area (Å²) >= 11 is 1.68. The average Bonchev–Trinajstić information content (AvgIpc) is 3.43. The lowest BCUT2D eigenvalue weighted by molar-refractivity contribution is -0.137. The zero-order chi connectivity index (χ0) is 25.7. The van der Waals surface area contributed by atoms with Gasteiger partial charge in [0.25, 0.3) is 5.89 Å². The van der Waals surface area contributed by atoms with Gasteiger partial charge in [0, 0.05) is 29.4 Å². The molecule has 1 aromatic carbocycles. The number of carbonyl (C=O) groups excluding carboxylic acids is 1. The van der Waals surface area contributed by atoms with Crippen LogP contribution in [0.4, 0.5) is 0 Å². The number of carbonyl (C=O) groups is 2. The molecule has 0 saturated carbocycles. The number of aryl methyl sites for hydroxylation is 3. The Hall–Kier alpha value is -3.04. The monoisotopic (exact) mass is 498 g/mol. The zero-order valence-electron chi connectivity index (χ0n) is 21.3. The highest BCUT2D eigenvalue weighted by molar-refractivity contribution is 7.15. The lowest BCUT2D eigenvalue weighted by atomic mass is 9.93. The van der Waals surface area contributed by atoms with Gasteiger partial charge in [-0.25, -0.2) is 0 Å². The third kappa shape index (κ3) is 6.76. The number of nitrogens with zero attached hydrogens (tertiary/aromatic N) is 3. The van der Waals surface area contributed by atoms with E-state index in [4.69, 9.17) is 9.63 Å². The molecule has 8 nitrogen and oxygen atoms in total. The second-order valence-corrected chi connectivity index (χ2v) is 10.2. The SMILES string of the molecule is CCc1cc(-c2noc(-c3cc(C)c(CN(C)C(C)C)s3)n2)cc(C)c1CCC(=O)NCC(=O)O. The molecule has 0 spiro atoms. The Labute approximate surface area is 210 Å². The molecule has 0 bridgehead atoms. The first-order valence-electron chi connectivity index (χ1n) is 11.8. The highest BCUT2D eigenvalue weighted by Gasteiger charge is 2.18. The molecule has 0 fully saturated rings. The van der Waals surface area contributed by atoms with Crippen LogP contribution in [0.3, 0.4) is 0 Å². The number of carboxylic acid groups (broad SMARTS) is 1. The summed E-state index contributed by atoms with van der Waals surface area (Å²) in [5.74, 6) is -0.271. The van der Waals surface area contributed by atoms with Crippen molar-refractivity contribution in [3.63, 3.8) is 0 Å². The van der Waals surface area contributed by atoms with Crippen molar-refractivity contribution in [2.75, 3.05) is 13.6 Å². The molecule has 0 radical (unpaired) electrons. The number of hydrogen-bond donors (Lipinski definition) is 2. The number of aromatic nitrogens is 2. The molecule has 2 heterocycles. The summed E-state index contributed by atoms with van der Waals surface area (Å²) in [5, 5.41) is 15.4. The molecule has 0 aliphatic rings. The van der Waals surface area contributed by atoms with Gasteiger partial charge in [-0.2, -0.15) is 4.98 Å². The van der Waals surface area contributed by atoms with E-state index >= 15 is 0 Å². The summed E-state index contributed by atoms with van der Waals surface area (Å²) in [4.78, 5) is 31.8. The minimum Gasteiger partial charge on any atom is -0.480 e. The van der Waals surface area contributed by atoms with Crippen molar-refractivity contribution in [1.29, 1.82) is 0 Å². The third-order valence-corrected chi connectivity index (χ3v) is 7.39. The Morgan fingerprint density at radius 3 is 2.60 bits per heavy atom. The van der Waals surface area contributed by atoms with E-state index < -0.39 is 5.97 Å². The topological polar surface area (TPSA) is 109 Å². The molecule has 0 unspecified atom stereocenters. The number of aliphatic carboxylic acids is 1. The van der Waals surface area contributed by atoms with E-state index in [0.29, 0.717) is 24.2 Å². The van der Waals surface area contributed by atoms with Crippen LogP contribution in [0.25, 0.3) is 22.2 Å². The van der Waals surface area contributed by atoms with Crippen LogP contribution < -0.4 is 5.32 Å². The van der Waals surface area contributed by atoms with Gasteiger partial charge >= 0.3 is 5.97 Å². The standard InChI is InChI=1S/C26H34N4O4S/c1-7-18-12-19(10-16(4)20(18)8-9-23(31)27-13-24(32)33)25-28-26(34-29-25)21-11-17(5)22(35-21)14-30(6)15(2)3/h10-12,15H,7-9,13-14H2,1-6H3,(H,27,31)(H,32,33). The number of hydrogen-bond acceptors (Lipinski definition) is 7. The van der Waals surface area contributed by atoms with Crippen molar-refractivity contribution in [3.05, 3.63) is 45.3 Å². The Kier molecular flexibility index (Phi) is 8.80. The van der Waals surface area contributed by atoms with Crippen molar-refractivity contribution in [2.24, 2.45) is 0 Å². The number of thiophene rings is 1. The predicted molar refractivity (Wildman–Crippen MR) is 137 cm³/mol. The summed E-state index contributed by atoms with van der Waals surface area (Å²) in [6.45, 7) is 11.1. The molecule has 0 atom stereocenters. The molecule has 0 aliphatic carbocycles. The van der Waals surface area contributed by atoms with Crippen LogP contribution in [0, 0.1) is 13.8 Å². The van der Waals surface area contributed by atoms with Gasteiger partial charge in [-0.3, -0.25) is 14.5 Å². The maximum atomic E-state index is 12.0. The quantitative estimate of drug-likeness (QED) is 0.397. The van der Waals surface area contributed by atoms with Crippen molar-refractivity contribution >= 4 is 23.2 Å². The number of rotatable bonds is 11. The minimum atomic E-state index is -1.05. The van der Waals surface area contributed by atoms with Crippen molar-refractivity contribution in [1.82, 2.24) is 20.4 Å². The highest BCUT2D eigenvalue weighted by Crippen LogP contribution is 2.33. The van der Waals surface area contributed by atoms with Gasteiger partial charge in [0.05, 0.1) is 4.88 Å². The zero-order valence-corrected chi connectivity index (χ0v) is 22.1. The molecule has 9 heteroatoms. The summed E-state index contributed by atoms with van der Waals surface area (Å²) in [6, 6.07) is 6.63. The van der Waals surface area contributed by atoms with Crippen molar-refractivity contribution in [2.45, 2.75) is 66.5 Å². The van der Waals surface area contributed by atoms with Crippen LogP contribution >= 0.6 is 11.3 Å². The van der Waals surface area contributed by atoms with Crippen molar-refractivity contribution in [3.8, 4) is 22.2 Å².